The molecule has 1 atom stereocenters. The van der Waals surface area contributed by atoms with E-state index in [1.165, 1.54) is 5.56 Å². The minimum absolute atomic E-state index is 0.00360. The highest BCUT2D eigenvalue weighted by atomic mass is 79.9. The molecule has 3 aromatic carbocycles. The number of benzene rings is 3. The van der Waals surface area contributed by atoms with Crippen LogP contribution in [0.25, 0.3) is 0 Å². The van der Waals surface area contributed by atoms with Gasteiger partial charge in [-0.1, -0.05) is 96.0 Å². The highest BCUT2D eigenvalue weighted by Gasteiger charge is 2.20. The molecule has 0 aliphatic rings. The zero-order valence-electron chi connectivity index (χ0n) is 19.0. The highest BCUT2D eigenvalue weighted by molar-refractivity contribution is 9.10. The van der Waals surface area contributed by atoms with Crippen LogP contribution in [0.2, 0.25) is 0 Å². The Kier molecular flexibility index (Phi) is 8.29. The molecule has 0 heterocycles. The lowest BCUT2D eigenvalue weighted by molar-refractivity contribution is -0.115. The Hall–Kier alpha value is -2.85. The van der Waals surface area contributed by atoms with Gasteiger partial charge in [-0.05, 0) is 41.7 Å². The van der Waals surface area contributed by atoms with Crippen molar-refractivity contribution in [1.29, 1.82) is 0 Å². The number of aryl methyl sites for hydroxylation is 1. The van der Waals surface area contributed by atoms with Gasteiger partial charge in [0.2, 0.25) is 5.91 Å². The summed E-state index contributed by atoms with van der Waals surface area (Å²) >= 11 is 3.65. The third kappa shape index (κ3) is 6.33. The van der Waals surface area contributed by atoms with E-state index in [9.17, 15) is 4.79 Å². The third-order valence-electron chi connectivity index (χ3n) is 5.31. The second-order valence-corrected chi connectivity index (χ2v) is 9.44. The number of carbonyl (C=O) groups excluding carboxylic acids is 1. The SMILES string of the molecule is C=CC(c1ccccc1)c1cc(Br)cc(NC(=O)Cc2ccc(C)cc2)c1NCC(C)C. The highest BCUT2D eigenvalue weighted by Crippen LogP contribution is 2.39. The van der Waals surface area contributed by atoms with E-state index in [0.717, 1.165) is 39.1 Å². The molecule has 3 aromatic rings. The van der Waals surface area contributed by atoms with Gasteiger partial charge in [0.05, 0.1) is 17.8 Å². The predicted octanol–water partition coefficient (Wildman–Crippen LogP) is 7.32. The molecule has 2 N–H and O–H groups in total. The molecule has 0 fully saturated rings. The number of anilines is 2. The van der Waals surface area contributed by atoms with Crippen LogP contribution in [0.4, 0.5) is 11.4 Å². The quantitative estimate of drug-likeness (QED) is 0.308. The Balaban J connectivity index is 1.97. The smallest absolute Gasteiger partial charge is 0.228 e. The molecule has 32 heavy (non-hydrogen) atoms. The normalized spacial score (nSPS) is 11.8. The molecule has 0 aromatic heterocycles. The average Bonchev–Trinajstić information content (AvgIpc) is 2.76. The summed E-state index contributed by atoms with van der Waals surface area (Å²) < 4.78 is 0.913. The van der Waals surface area contributed by atoms with Gasteiger partial charge in [0.25, 0.3) is 0 Å². The molecule has 0 saturated carbocycles. The van der Waals surface area contributed by atoms with Gasteiger partial charge >= 0.3 is 0 Å². The largest absolute Gasteiger partial charge is 0.383 e. The van der Waals surface area contributed by atoms with Crippen molar-refractivity contribution in [3.8, 4) is 0 Å². The lowest BCUT2D eigenvalue weighted by Crippen LogP contribution is -2.18. The van der Waals surface area contributed by atoms with E-state index < -0.39 is 0 Å². The summed E-state index contributed by atoms with van der Waals surface area (Å²) in [6, 6.07) is 22.4. The summed E-state index contributed by atoms with van der Waals surface area (Å²) in [5.41, 5.74) is 6.12. The minimum Gasteiger partial charge on any atom is -0.383 e. The molecule has 1 amide bonds. The third-order valence-corrected chi connectivity index (χ3v) is 5.77. The maximum Gasteiger partial charge on any atom is 0.228 e. The molecule has 0 radical (unpaired) electrons. The second-order valence-electron chi connectivity index (χ2n) is 8.53. The van der Waals surface area contributed by atoms with Crippen molar-refractivity contribution in [3.63, 3.8) is 0 Å². The van der Waals surface area contributed by atoms with Crippen LogP contribution < -0.4 is 10.6 Å². The Bertz CT molecular complexity index is 1060. The van der Waals surface area contributed by atoms with Crippen molar-refractivity contribution in [3.05, 3.63) is 106 Å². The fourth-order valence-electron chi connectivity index (χ4n) is 3.66. The molecule has 4 heteroatoms. The van der Waals surface area contributed by atoms with Gasteiger partial charge in [-0.3, -0.25) is 4.79 Å². The first-order valence-corrected chi connectivity index (χ1v) is 11.8. The van der Waals surface area contributed by atoms with Crippen molar-refractivity contribution < 1.29 is 4.79 Å². The number of rotatable bonds is 9. The summed E-state index contributed by atoms with van der Waals surface area (Å²) in [5.74, 6) is 0.415. The van der Waals surface area contributed by atoms with Gasteiger partial charge in [0.15, 0.2) is 0 Å². The fraction of sp³-hybridized carbons (Fsp3) is 0.250. The van der Waals surface area contributed by atoms with Gasteiger partial charge in [0.1, 0.15) is 0 Å². The summed E-state index contributed by atoms with van der Waals surface area (Å²) in [4.78, 5) is 12.9. The van der Waals surface area contributed by atoms with E-state index in [2.05, 4.69) is 65.2 Å². The maximum atomic E-state index is 12.9. The van der Waals surface area contributed by atoms with Crippen LogP contribution in [0, 0.1) is 12.8 Å². The molecule has 0 bridgehead atoms. The van der Waals surface area contributed by atoms with Crippen LogP contribution >= 0.6 is 15.9 Å². The van der Waals surface area contributed by atoms with Crippen LogP contribution in [0.3, 0.4) is 0 Å². The second kappa shape index (κ2) is 11.1. The predicted molar refractivity (Wildman–Crippen MR) is 139 cm³/mol. The number of halogens is 1. The Morgan fingerprint density at radius 2 is 1.75 bits per heavy atom. The monoisotopic (exact) mass is 490 g/mol. The number of allylic oxidation sites excluding steroid dienone is 1. The van der Waals surface area contributed by atoms with Crippen molar-refractivity contribution in [2.24, 2.45) is 5.92 Å². The fourth-order valence-corrected chi connectivity index (χ4v) is 4.14. The van der Waals surface area contributed by atoms with E-state index in [0.29, 0.717) is 12.3 Å². The van der Waals surface area contributed by atoms with E-state index in [1.54, 1.807) is 0 Å². The van der Waals surface area contributed by atoms with Gasteiger partial charge in [-0.15, -0.1) is 6.58 Å². The Morgan fingerprint density at radius 3 is 2.38 bits per heavy atom. The van der Waals surface area contributed by atoms with Crippen LogP contribution in [-0.2, 0) is 11.2 Å². The lowest BCUT2D eigenvalue weighted by atomic mass is 9.89. The molecular weight excluding hydrogens is 460 g/mol. The first-order valence-electron chi connectivity index (χ1n) is 11.0. The number of hydrogen-bond acceptors (Lipinski definition) is 2. The maximum absolute atomic E-state index is 12.9. The Morgan fingerprint density at radius 1 is 1.06 bits per heavy atom. The molecule has 166 valence electrons. The number of hydrogen-bond donors (Lipinski definition) is 2. The first kappa shape index (κ1) is 23.8. The van der Waals surface area contributed by atoms with E-state index in [4.69, 9.17) is 0 Å². The van der Waals surface area contributed by atoms with E-state index in [-0.39, 0.29) is 11.8 Å². The van der Waals surface area contributed by atoms with Crippen LogP contribution in [0.5, 0.6) is 0 Å². The number of amides is 1. The number of nitrogens with one attached hydrogen (secondary N) is 2. The summed E-state index contributed by atoms with van der Waals surface area (Å²) in [5, 5.41) is 6.73. The minimum atomic E-state index is -0.0413. The van der Waals surface area contributed by atoms with Crippen LogP contribution in [0.15, 0.2) is 83.9 Å². The van der Waals surface area contributed by atoms with Crippen molar-refractivity contribution >= 4 is 33.2 Å². The standard InChI is InChI=1S/C28H31BrN2O/c1-5-24(22-9-7-6-8-10-22)25-16-23(29)17-26(28(25)30-18-19(2)3)31-27(32)15-21-13-11-20(4)12-14-21/h5-14,16-17,19,24,30H,1,15,18H2,2-4H3,(H,31,32). The topological polar surface area (TPSA) is 41.1 Å². The summed E-state index contributed by atoms with van der Waals surface area (Å²) in [7, 11) is 0. The van der Waals surface area contributed by atoms with Crippen molar-refractivity contribution in [1.82, 2.24) is 0 Å². The van der Waals surface area contributed by atoms with Crippen molar-refractivity contribution in [2.45, 2.75) is 33.1 Å². The van der Waals surface area contributed by atoms with E-state index in [1.807, 2.05) is 61.5 Å². The number of carbonyl (C=O) groups is 1. The van der Waals surface area contributed by atoms with Gasteiger partial charge in [0, 0.05) is 16.9 Å². The molecule has 1 unspecified atom stereocenters. The van der Waals surface area contributed by atoms with Gasteiger partial charge in [-0.2, -0.15) is 0 Å². The van der Waals surface area contributed by atoms with Gasteiger partial charge < -0.3 is 10.6 Å². The van der Waals surface area contributed by atoms with Gasteiger partial charge in [-0.25, -0.2) is 0 Å². The zero-order valence-corrected chi connectivity index (χ0v) is 20.6. The van der Waals surface area contributed by atoms with Crippen LogP contribution in [-0.4, -0.2) is 12.5 Å². The molecule has 0 saturated heterocycles. The zero-order chi connectivity index (χ0) is 23.1. The lowest BCUT2D eigenvalue weighted by Gasteiger charge is -2.23. The van der Waals surface area contributed by atoms with Crippen molar-refractivity contribution in [2.75, 3.05) is 17.2 Å². The molecule has 0 aliphatic heterocycles. The van der Waals surface area contributed by atoms with Crippen LogP contribution in [0.1, 0.15) is 42.0 Å². The van der Waals surface area contributed by atoms with E-state index >= 15 is 0 Å². The molecule has 3 nitrogen and oxygen atoms in total. The Labute approximate surface area is 200 Å². The molecule has 3 rings (SSSR count). The molecule has 0 aliphatic carbocycles. The molecule has 0 spiro atoms. The first-order chi connectivity index (χ1) is 15.4. The molecular formula is C28H31BrN2O. The summed E-state index contributed by atoms with van der Waals surface area (Å²) in [6.45, 7) is 11.3. The summed E-state index contributed by atoms with van der Waals surface area (Å²) in [6.07, 6.45) is 2.28. The average molecular weight is 491 g/mol.